The average Bonchev–Trinajstić information content (AvgIpc) is 2.17. The van der Waals surface area contributed by atoms with Gasteiger partial charge in [-0.25, -0.2) is 0 Å². The molecule has 0 heterocycles. The normalized spacial score (nSPS) is 11.8. The summed E-state index contributed by atoms with van der Waals surface area (Å²) >= 11 is 0. The van der Waals surface area contributed by atoms with E-state index in [1.54, 1.807) is 0 Å². The fourth-order valence-electron chi connectivity index (χ4n) is 1.51. The lowest BCUT2D eigenvalue weighted by atomic mass is 9.98. The first-order chi connectivity index (χ1) is 6.20. The first kappa shape index (κ1) is 9.78. The molecule has 0 saturated carbocycles. The van der Waals surface area contributed by atoms with Crippen molar-refractivity contribution in [2.45, 2.75) is 27.2 Å². The quantitative estimate of drug-likeness (QED) is 0.420. The fraction of sp³-hybridized carbons (Fsp3) is 0.364. The molecule has 0 saturated heterocycles. The van der Waals surface area contributed by atoms with Crippen molar-refractivity contribution in [3.63, 3.8) is 0 Å². The molecule has 0 radical (unpaired) electrons. The molecule has 70 valence electrons. The maximum Gasteiger partial charge on any atom is 0.0839 e. The Kier molecular flexibility index (Phi) is 3.07. The van der Waals surface area contributed by atoms with E-state index in [1.165, 1.54) is 11.1 Å². The van der Waals surface area contributed by atoms with Crippen LogP contribution in [-0.4, -0.2) is 10.9 Å². The molecule has 0 atom stereocenters. The highest BCUT2D eigenvalue weighted by molar-refractivity contribution is 5.99. The van der Waals surface area contributed by atoms with E-state index in [1.807, 2.05) is 19.1 Å². The van der Waals surface area contributed by atoms with E-state index in [2.05, 4.69) is 25.1 Å². The van der Waals surface area contributed by atoms with Crippen molar-refractivity contribution < 1.29 is 5.21 Å². The highest BCUT2D eigenvalue weighted by Crippen LogP contribution is 2.14. The molecule has 0 spiro atoms. The topological polar surface area (TPSA) is 32.6 Å². The summed E-state index contributed by atoms with van der Waals surface area (Å²) in [5.41, 5.74) is 4.22. The summed E-state index contributed by atoms with van der Waals surface area (Å²) in [4.78, 5) is 0. The summed E-state index contributed by atoms with van der Waals surface area (Å²) in [5, 5.41) is 11.9. The zero-order valence-electron chi connectivity index (χ0n) is 8.33. The summed E-state index contributed by atoms with van der Waals surface area (Å²) in [6.45, 7) is 5.99. The van der Waals surface area contributed by atoms with Crippen molar-refractivity contribution in [3.8, 4) is 0 Å². The van der Waals surface area contributed by atoms with Crippen LogP contribution in [0.4, 0.5) is 0 Å². The number of hydrogen-bond donors (Lipinski definition) is 1. The van der Waals surface area contributed by atoms with E-state index < -0.39 is 0 Å². The molecular weight excluding hydrogens is 162 g/mol. The zero-order valence-corrected chi connectivity index (χ0v) is 8.33. The number of oxime groups is 1. The van der Waals surface area contributed by atoms with Gasteiger partial charge in [0.15, 0.2) is 0 Å². The minimum Gasteiger partial charge on any atom is -0.411 e. The molecule has 1 rings (SSSR count). The van der Waals surface area contributed by atoms with Crippen molar-refractivity contribution in [3.05, 3.63) is 34.9 Å². The van der Waals surface area contributed by atoms with Crippen LogP contribution in [0.2, 0.25) is 0 Å². The van der Waals surface area contributed by atoms with Gasteiger partial charge in [0.2, 0.25) is 0 Å². The number of nitrogens with zero attached hydrogens (tertiary/aromatic N) is 1. The van der Waals surface area contributed by atoms with Gasteiger partial charge in [-0.05, 0) is 31.4 Å². The van der Waals surface area contributed by atoms with Crippen LogP contribution in [0, 0.1) is 6.92 Å². The third-order valence-electron chi connectivity index (χ3n) is 2.37. The van der Waals surface area contributed by atoms with Gasteiger partial charge in [0.25, 0.3) is 0 Å². The van der Waals surface area contributed by atoms with Gasteiger partial charge in [0.05, 0.1) is 5.71 Å². The highest BCUT2D eigenvalue weighted by atomic mass is 16.4. The summed E-state index contributed by atoms with van der Waals surface area (Å²) in [6, 6.07) is 6.07. The molecule has 0 amide bonds. The number of rotatable bonds is 2. The molecule has 0 fully saturated rings. The molecule has 0 aliphatic rings. The van der Waals surface area contributed by atoms with Crippen molar-refractivity contribution in [2.75, 3.05) is 0 Å². The van der Waals surface area contributed by atoms with E-state index in [0.717, 1.165) is 12.0 Å². The van der Waals surface area contributed by atoms with Crippen molar-refractivity contribution in [1.29, 1.82) is 0 Å². The molecule has 0 aliphatic heterocycles. The minimum atomic E-state index is 0.674. The summed E-state index contributed by atoms with van der Waals surface area (Å²) < 4.78 is 0. The Morgan fingerprint density at radius 2 is 2.15 bits per heavy atom. The van der Waals surface area contributed by atoms with Gasteiger partial charge >= 0.3 is 0 Å². The van der Waals surface area contributed by atoms with Crippen molar-refractivity contribution in [1.82, 2.24) is 0 Å². The molecule has 0 unspecified atom stereocenters. The fourth-order valence-corrected chi connectivity index (χ4v) is 1.51. The predicted octanol–water partition coefficient (Wildman–Crippen LogP) is 2.76. The van der Waals surface area contributed by atoms with Gasteiger partial charge in [-0.3, -0.25) is 0 Å². The molecule has 0 bridgehead atoms. The number of hydrogen-bond acceptors (Lipinski definition) is 2. The molecule has 0 aliphatic carbocycles. The third kappa shape index (κ3) is 1.89. The molecule has 0 aromatic heterocycles. The Morgan fingerprint density at radius 1 is 1.46 bits per heavy atom. The van der Waals surface area contributed by atoms with Crippen LogP contribution < -0.4 is 0 Å². The molecule has 1 aromatic rings. The largest absolute Gasteiger partial charge is 0.411 e. The third-order valence-corrected chi connectivity index (χ3v) is 2.37. The van der Waals surface area contributed by atoms with Gasteiger partial charge in [0.1, 0.15) is 0 Å². The van der Waals surface area contributed by atoms with Crippen LogP contribution in [0.1, 0.15) is 30.5 Å². The Labute approximate surface area is 78.9 Å². The molecule has 1 aromatic carbocycles. The Morgan fingerprint density at radius 3 is 2.69 bits per heavy atom. The molecule has 1 N–H and O–H groups in total. The smallest absolute Gasteiger partial charge is 0.0839 e. The van der Waals surface area contributed by atoms with Crippen LogP contribution in [0.3, 0.4) is 0 Å². The molecule has 2 nitrogen and oxygen atoms in total. The molecular formula is C11H15NO. The predicted molar refractivity (Wildman–Crippen MR) is 54.6 cm³/mol. The second-order valence-corrected chi connectivity index (χ2v) is 3.13. The maximum atomic E-state index is 8.66. The van der Waals surface area contributed by atoms with Gasteiger partial charge in [0, 0.05) is 5.56 Å². The number of aryl methyl sites for hydroxylation is 1. The van der Waals surface area contributed by atoms with E-state index in [9.17, 15) is 0 Å². The SMILES string of the molecule is CCc1cccc(/C(C)=N/O)c1C. The van der Waals surface area contributed by atoms with E-state index >= 15 is 0 Å². The van der Waals surface area contributed by atoms with Gasteiger partial charge < -0.3 is 5.21 Å². The van der Waals surface area contributed by atoms with Crippen LogP contribution in [0.5, 0.6) is 0 Å². The lowest BCUT2D eigenvalue weighted by molar-refractivity contribution is 0.319. The van der Waals surface area contributed by atoms with Crippen LogP contribution in [0.15, 0.2) is 23.4 Å². The van der Waals surface area contributed by atoms with Gasteiger partial charge in [-0.2, -0.15) is 0 Å². The zero-order chi connectivity index (χ0) is 9.84. The Bertz CT molecular complexity index is 329. The maximum absolute atomic E-state index is 8.66. The number of benzene rings is 1. The summed E-state index contributed by atoms with van der Waals surface area (Å²) in [7, 11) is 0. The summed E-state index contributed by atoms with van der Waals surface area (Å²) in [6.07, 6.45) is 1.01. The second-order valence-electron chi connectivity index (χ2n) is 3.13. The van der Waals surface area contributed by atoms with E-state index in [4.69, 9.17) is 5.21 Å². The highest BCUT2D eigenvalue weighted by Gasteiger charge is 2.04. The van der Waals surface area contributed by atoms with Crippen LogP contribution >= 0.6 is 0 Å². The van der Waals surface area contributed by atoms with Gasteiger partial charge in [-0.1, -0.05) is 30.3 Å². The van der Waals surface area contributed by atoms with E-state index in [0.29, 0.717) is 5.71 Å². The van der Waals surface area contributed by atoms with Crippen molar-refractivity contribution in [2.24, 2.45) is 5.16 Å². The summed E-state index contributed by atoms with van der Waals surface area (Å²) in [5.74, 6) is 0. The average molecular weight is 177 g/mol. The molecule has 13 heavy (non-hydrogen) atoms. The van der Waals surface area contributed by atoms with Crippen molar-refractivity contribution >= 4 is 5.71 Å². The monoisotopic (exact) mass is 177 g/mol. The van der Waals surface area contributed by atoms with E-state index in [-0.39, 0.29) is 0 Å². The molecule has 2 heteroatoms. The lowest BCUT2D eigenvalue weighted by Crippen LogP contribution is -2.00. The standard InChI is InChI=1S/C11H15NO/c1-4-10-6-5-7-11(8(10)2)9(3)12-13/h5-7,13H,4H2,1-3H3/b12-9+. The Balaban J connectivity index is 3.23. The van der Waals surface area contributed by atoms with Crippen LogP contribution in [0.25, 0.3) is 0 Å². The Hall–Kier alpha value is -1.31. The second kappa shape index (κ2) is 4.08. The minimum absolute atomic E-state index is 0.674. The first-order valence-corrected chi connectivity index (χ1v) is 4.48. The first-order valence-electron chi connectivity index (χ1n) is 4.48. The van der Waals surface area contributed by atoms with Crippen LogP contribution in [-0.2, 0) is 6.42 Å². The lowest BCUT2D eigenvalue weighted by Gasteiger charge is -2.08. The van der Waals surface area contributed by atoms with Gasteiger partial charge in [-0.15, -0.1) is 0 Å².